The Hall–Kier alpha value is -1.26. The van der Waals surface area contributed by atoms with E-state index in [0.29, 0.717) is 5.56 Å². The van der Waals surface area contributed by atoms with Crippen LogP contribution < -0.4 is 0 Å². The van der Waals surface area contributed by atoms with Gasteiger partial charge in [0.2, 0.25) is 5.79 Å². The van der Waals surface area contributed by atoms with E-state index in [9.17, 15) is 8.78 Å². The standard InChI is InChI=1S/C15H18F2O2/c1-10-14(2,3)19-15(4,18-10)13(17)9-11-5-7-12(16)8-6-11/h5-10H,1-4H3. The second-order valence-electron chi connectivity index (χ2n) is 5.46. The summed E-state index contributed by atoms with van der Waals surface area (Å²) in [5.74, 6) is -2.28. The van der Waals surface area contributed by atoms with E-state index in [4.69, 9.17) is 9.47 Å². The van der Waals surface area contributed by atoms with E-state index in [1.165, 1.54) is 30.3 Å². The van der Waals surface area contributed by atoms with Crippen molar-refractivity contribution in [1.29, 1.82) is 0 Å². The van der Waals surface area contributed by atoms with Gasteiger partial charge in [-0.15, -0.1) is 0 Å². The predicted molar refractivity (Wildman–Crippen MR) is 69.6 cm³/mol. The molecule has 0 spiro atoms. The van der Waals surface area contributed by atoms with Crippen molar-refractivity contribution < 1.29 is 18.3 Å². The predicted octanol–water partition coefficient (Wildman–Crippen LogP) is 4.07. The number of hydrogen-bond donors (Lipinski definition) is 0. The summed E-state index contributed by atoms with van der Waals surface area (Å²) in [6, 6.07) is 5.57. The lowest BCUT2D eigenvalue weighted by atomic mass is 10.0. The second-order valence-corrected chi connectivity index (χ2v) is 5.46. The molecule has 2 unspecified atom stereocenters. The molecular formula is C15H18F2O2. The van der Waals surface area contributed by atoms with E-state index < -0.39 is 17.2 Å². The number of ether oxygens (including phenoxy) is 2. The Kier molecular flexibility index (Phi) is 3.49. The molecule has 1 aromatic rings. The smallest absolute Gasteiger partial charge is 0.219 e. The average Bonchev–Trinajstić information content (AvgIpc) is 2.52. The van der Waals surface area contributed by atoms with E-state index in [0.717, 1.165) is 0 Å². The minimum atomic E-state index is -1.39. The van der Waals surface area contributed by atoms with Crippen LogP contribution in [0.5, 0.6) is 0 Å². The Bertz CT molecular complexity index is 493. The van der Waals surface area contributed by atoms with Crippen LogP contribution in [-0.2, 0) is 9.47 Å². The molecule has 0 aromatic heterocycles. The highest BCUT2D eigenvalue weighted by molar-refractivity contribution is 5.52. The van der Waals surface area contributed by atoms with E-state index in [1.54, 1.807) is 6.92 Å². The fourth-order valence-corrected chi connectivity index (χ4v) is 2.03. The van der Waals surface area contributed by atoms with Crippen molar-refractivity contribution in [2.24, 2.45) is 0 Å². The molecule has 0 aliphatic carbocycles. The molecule has 1 aliphatic rings. The topological polar surface area (TPSA) is 18.5 Å². The van der Waals surface area contributed by atoms with Crippen LogP contribution in [0.25, 0.3) is 6.08 Å². The van der Waals surface area contributed by atoms with Crippen LogP contribution in [0, 0.1) is 5.82 Å². The molecule has 1 aromatic carbocycles. The zero-order chi connectivity index (χ0) is 14.3. The molecule has 1 heterocycles. The first-order chi connectivity index (χ1) is 8.73. The number of hydrogen-bond acceptors (Lipinski definition) is 2. The van der Waals surface area contributed by atoms with Crippen molar-refractivity contribution in [2.45, 2.75) is 45.2 Å². The van der Waals surface area contributed by atoms with Gasteiger partial charge in [0.15, 0.2) is 5.83 Å². The summed E-state index contributed by atoms with van der Waals surface area (Å²) in [6.45, 7) is 7.10. The largest absolute Gasteiger partial charge is 0.338 e. The summed E-state index contributed by atoms with van der Waals surface area (Å²) in [5.41, 5.74) is 0.00704. The maximum absolute atomic E-state index is 14.3. The third kappa shape index (κ3) is 2.85. The third-order valence-electron chi connectivity index (χ3n) is 3.44. The van der Waals surface area contributed by atoms with Gasteiger partial charge >= 0.3 is 0 Å². The van der Waals surface area contributed by atoms with Crippen LogP contribution in [-0.4, -0.2) is 17.5 Å². The van der Waals surface area contributed by atoms with Crippen LogP contribution in [0.3, 0.4) is 0 Å². The second kappa shape index (κ2) is 4.69. The normalized spacial score (nSPS) is 30.6. The van der Waals surface area contributed by atoms with Gasteiger partial charge in [-0.2, -0.15) is 0 Å². The van der Waals surface area contributed by atoms with Gasteiger partial charge in [-0.25, -0.2) is 8.78 Å². The minimum absolute atomic E-state index is 0.218. The fraction of sp³-hybridized carbons (Fsp3) is 0.467. The summed E-state index contributed by atoms with van der Waals surface area (Å²) in [4.78, 5) is 0. The summed E-state index contributed by atoms with van der Waals surface area (Å²) >= 11 is 0. The molecule has 0 saturated carbocycles. The molecule has 2 nitrogen and oxygen atoms in total. The Morgan fingerprint density at radius 3 is 2.26 bits per heavy atom. The number of benzene rings is 1. The monoisotopic (exact) mass is 268 g/mol. The zero-order valence-electron chi connectivity index (χ0n) is 11.5. The quantitative estimate of drug-likeness (QED) is 0.805. The molecule has 0 amide bonds. The van der Waals surface area contributed by atoms with E-state index in [-0.39, 0.29) is 11.9 Å². The van der Waals surface area contributed by atoms with Gasteiger partial charge < -0.3 is 9.47 Å². The lowest BCUT2D eigenvalue weighted by molar-refractivity contribution is -0.153. The third-order valence-corrected chi connectivity index (χ3v) is 3.44. The lowest BCUT2D eigenvalue weighted by Crippen LogP contribution is -2.32. The summed E-state index contributed by atoms with van der Waals surface area (Å²) in [5, 5.41) is 0. The van der Waals surface area contributed by atoms with Gasteiger partial charge in [-0.1, -0.05) is 12.1 Å². The maximum atomic E-state index is 14.3. The van der Waals surface area contributed by atoms with Crippen LogP contribution in [0.15, 0.2) is 30.1 Å². The summed E-state index contributed by atoms with van der Waals surface area (Å²) < 4.78 is 38.4. The van der Waals surface area contributed by atoms with Crippen LogP contribution in [0.4, 0.5) is 8.78 Å². The molecule has 4 heteroatoms. The van der Waals surface area contributed by atoms with Crippen LogP contribution in [0.2, 0.25) is 0 Å². The first kappa shape index (κ1) is 14.2. The van der Waals surface area contributed by atoms with Gasteiger partial charge in [0.1, 0.15) is 5.82 Å². The first-order valence-corrected chi connectivity index (χ1v) is 6.24. The van der Waals surface area contributed by atoms with E-state index in [1.807, 2.05) is 20.8 Å². The molecular weight excluding hydrogens is 250 g/mol. The van der Waals surface area contributed by atoms with Gasteiger partial charge in [0, 0.05) is 0 Å². The van der Waals surface area contributed by atoms with Gasteiger partial charge in [0.25, 0.3) is 0 Å². The van der Waals surface area contributed by atoms with Crippen molar-refractivity contribution in [3.63, 3.8) is 0 Å². The Morgan fingerprint density at radius 1 is 1.21 bits per heavy atom. The molecule has 0 bridgehead atoms. The maximum Gasteiger partial charge on any atom is 0.219 e. The Balaban J connectivity index is 2.24. The Morgan fingerprint density at radius 2 is 1.79 bits per heavy atom. The number of rotatable bonds is 2. The minimum Gasteiger partial charge on any atom is -0.338 e. The summed E-state index contributed by atoms with van der Waals surface area (Å²) in [6.07, 6.45) is 1.08. The molecule has 2 atom stereocenters. The first-order valence-electron chi connectivity index (χ1n) is 6.24. The molecule has 1 saturated heterocycles. The zero-order valence-corrected chi connectivity index (χ0v) is 11.5. The van der Waals surface area contributed by atoms with E-state index in [2.05, 4.69) is 0 Å². The SMILES string of the molecule is CC1OC(C)(C(F)=Cc2ccc(F)cc2)OC1(C)C. The average molecular weight is 268 g/mol. The molecule has 19 heavy (non-hydrogen) atoms. The number of halogens is 2. The highest BCUT2D eigenvalue weighted by atomic mass is 19.1. The van der Waals surface area contributed by atoms with Crippen molar-refractivity contribution in [3.8, 4) is 0 Å². The summed E-state index contributed by atoms with van der Waals surface area (Å²) in [7, 11) is 0. The molecule has 1 fully saturated rings. The molecule has 0 radical (unpaired) electrons. The van der Waals surface area contributed by atoms with Crippen LogP contribution in [0.1, 0.15) is 33.3 Å². The highest BCUT2D eigenvalue weighted by Crippen LogP contribution is 2.41. The van der Waals surface area contributed by atoms with E-state index >= 15 is 0 Å². The lowest BCUT2D eigenvalue weighted by Gasteiger charge is -2.24. The Labute approximate surface area is 112 Å². The van der Waals surface area contributed by atoms with Crippen LogP contribution >= 0.6 is 0 Å². The highest BCUT2D eigenvalue weighted by Gasteiger charge is 2.50. The van der Waals surface area contributed by atoms with Gasteiger partial charge in [-0.3, -0.25) is 0 Å². The molecule has 2 rings (SSSR count). The van der Waals surface area contributed by atoms with Crippen molar-refractivity contribution in [2.75, 3.05) is 0 Å². The van der Waals surface area contributed by atoms with Crippen molar-refractivity contribution in [1.82, 2.24) is 0 Å². The van der Waals surface area contributed by atoms with Crippen molar-refractivity contribution in [3.05, 3.63) is 41.5 Å². The van der Waals surface area contributed by atoms with Gasteiger partial charge in [-0.05, 0) is 51.5 Å². The fourth-order valence-electron chi connectivity index (χ4n) is 2.03. The van der Waals surface area contributed by atoms with Crippen molar-refractivity contribution >= 4 is 6.08 Å². The molecule has 1 aliphatic heterocycles. The molecule has 104 valence electrons. The molecule has 0 N–H and O–H groups in total. The van der Waals surface area contributed by atoms with Gasteiger partial charge in [0.05, 0.1) is 11.7 Å².